The van der Waals surface area contributed by atoms with Crippen LogP contribution in [0.3, 0.4) is 0 Å². The summed E-state index contributed by atoms with van der Waals surface area (Å²) in [7, 11) is 0. The third-order valence-electron chi connectivity index (χ3n) is 3.94. The first-order chi connectivity index (χ1) is 9.70. The number of carbonyl (C=O) groups excluding carboxylic acids is 1. The summed E-state index contributed by atoms with van der Waals surface area (Å²) in [6.07, 6.45) is 6.64. The molecule has 4 heteroatoms. The van der Waals surface area contributed by atoms with Gasteiger partial charge < -0.3 is 9.64 Å². The fourth-order valence-electron chi connectivity index (χ4n) is 2.79. The Morgan fingerprint density at radius 1 is 1.50 bits per heavy atom. The Morgan fingerprint density at radius 2 is 2.25 bits per heavy atom. The molecule has 0 aromatic carbocycles. The summed E-state index contributed by atoms with van der Waals surface area (Å²) in [4.78, 5) is 18.2. The van der Waals surface area contributed by atoms with Gasteiger partial charge in [0.05, 0.1) is 0 Å². The third kappa shape index (κ3) is 4.04. The summed E-state index contributed by atoms with van der Waals surface area (Å²) in [6.45, 7) is 6.05. The predicted octanol–water partition coefficient (Wildman–Crippen LogP) is 2.29. The van der Waals surface area contributed by atoms with E-state index < -0.39 is 0 Å². The molecule has 110 valence electrons. The van der Waals surface area contributed by atoms with Crippen molar-refractivity contribution in [3.8, 4) is 0 Å². The predicted molar refractivity (Wildman–Crippen MR) is 78.3 cm³/mol. The highest BCUT2D eigenvalue weighted by Gasteiger charge is 2.26. The lowest BCUT2D eigenvalue weighted by Gasteiger charge is -2.33. The Kier molecular flexibility index (Phi) is 5.53. The molecule has 0 saturated carbocycles. The van der Waals surface area contributed by atoms with Crippen molar-refractivity contribution in [1.82, 2.24) is 9.88 Å². The number of ether oxygens (including phenoxy) is 1. The summed E-state index contributed by atoms with van der Waals surface area (Å²) in [5.41, 5.74) is 1.29. The molecule has 1 aromatic heterocycles. The monoisotopic (exact) mass is 276 g/mol. The lowest BCUT2D eigenvalue weighted by molar-refractivity contribution is -0.143. The minimum Gasteiger partial charge on any atom is -0.369 e. The molecule has 1 atom stereocenters. The Balaban J connectivity index is 1.79. The lowest BCUT2D eigenvalue weighted by Crippen LogP contribution is -2.44. The van der Waals surface area contributed by atoms with E-state index in [0.717, 1.165) is 32.4 Å². The number of amides is 1. The second-order valence-corrected chi connectivity index (χ2v) is 5.43. The summed E-state index contributed by atoms with van der Waals surface area (Å²) in [5, 5.41) is 0. The van der Waals surface area contributed by atoms with Crippen LogP contribution in [-0.2, 0) is 16.0 Å². The van der Waals surface area contributed by atoms with Crippen molar-refractivity contribution in [2.45, 2.75) is 39.2 Å². The van der Waals surface area contributed by atoms with Crippen LogP contribution in [0.25, 0.3) is 0 Å². The maximum atomic E-state index is 12.1. The van der Waals surface area contributed by atoms with Gasteiger partial charge in [-0.25, -0.2) is 0 Å². The zero-order valence-corrected chi connectivity index (χ0v) is 12.4. The molecule has 1 aliphatic rings. The van der Waals surface area contributed by atoms with Gasteiger partial charge in [-0.1, -0.05) is 6.07 Å². The van der Waals surface area contributed by atoms with Crippen LogP contribution in [0.5, 0.6) is 0 Å². The maximum absolute atomic E-state index is 12.1. The Morgan fingerprint density at radius 3 is 2.85 bits per heavy atom. The van der Waals surface area contributed by atoms with E-state index in [2.05, 4.69) is 11.1 Å². The van der Waals surface area contributed by atoms with Crippen molar-refractivity contribution in [3.05, 3.63) is 30.1 Å². The van der Waals surface area contributed by atoms with Crippen LogP contribution >= 0.6 is 0 Å². The summed E-state index contributed by atoms with van der Waals surface area (Å²) in [6, 6.07) is 4.11. The number of carbonyl (C=O) groups is 1. The Bertz CT molecular complexity index is 414. The van der Waals surface area contributed by atoms with Gasteiger partial charge >= 0.3 is 0 Å². The lowest BCUT2D eigenvalue weighted by atomic mass is 9.90. The average Bonchev–Trinajstić information content (AvgIpc) is 2.48. The molecule has 1 amide bonds. The van der Waals surface area contributed by atoms with E-state index in [4.69, 9.17) is 4.74 Å². The van der Waals surface area contributed by atoms with Crippen LogP contribution in [0.15, 0.2) is 24.5 Å². The zero-order chi connectivity index (χ0) is 14.4. The van der Waals surface area contributed by atoms with Crippen molar-refractivity contribution in [1.29, 1.82) is 0 Å². The highest BCUT2D eigenvalue weighted by atomic mass is 16.5. The first-order valence-corrected chi connectivity index (χ1v) is 7.50. The average molecular weight is 276 g/mol. The molecule has 1 unspecified atom stereocenters. The molecule has 0 radical (unpaired) electrons. The fraction of sp³-hybridized carbons (Fsp3) is 0.625. The van der Waals surface area contributed by atoms with Gasteiger partial charge in [0.1, 0.15) is 6.10 Å². The van der Waals surface area contributed by atoms with Crippen LogP contribution in [0.4, 0.5) is 0 Å². The summed E-state index contributed by atoms with van der Waals surface area (Å²) in [5.74, 6) is 0.789. The number of piperidine rings is 1. The van der Waals surface area contributed by atoms with Crippen molar-refractivity contribution >= 4 is 5.91 Å². The molecule has 4 nitrogen and oxygen atoms in total. The van der Waals surface area contributed by atoms with Gasteiger partial charge in [0.25, 0.3) is 5.91 Å². The number of hydrogen-bond acceptors (Lipinski definition) is 3. The molecule has 1 aromatic rings. The molecule has 2 rings (SSSR count). The Hall–Kier alpha value is -1.42. The normalized spacial score (nSPS) is 18.0. The largest absolute Gasteiger partial charge is 0.369 e. The van der Waals surface area contributed by atoms with E-state index in [1.54, 1.807) is 6.20 Å². The smallest absolute Gasteiger partial charge is 0.251 e. The second kappa shape index (κ2) is 7.39. The second-order valence-electron chi connectivity index (χ2n) is 5.43. The summed E-state index contributed by atoms with van der Waals surface area (Å²) >= 11 is 0. The van der Waals surface area contributed by atoms with E-state index in [-0.39, 0.29) is 12.0 Å². The first kappa shape index (κ1) is 15.0. The quantitative estimate of drug-likeness (QED) is 0.828. The van der Waals surface area contributed by atoms with Gasteiger partial charge in [-0.2, -0.15) is 0 Å². The molecular weight excluding hydrogens is 252 g/mol. The third-order valence-corrected chi connectivity index (χ3v) is 3.94. The van der Waals surface area contributed by atoms with Crippen molar-refractivity contribution in [3.63, 3.8) is 0 Å². The van der Waals surface area contributed by atoms with Crippen LogP contribution < -0.4 is 0 Å². The molecule has 0 N–H and O–H groups in total. The number of likely N-dealkylation sites (tertiary alicyclic amines) is 1. The van der Waals surface area contributed by atoms with Crippen LogP contribution in [-0.4, -0.2) is 41.6 Å². The number of aromatic nitrogens is 1. The zero-order valence-electron chi connectivity index (χ0n) is 12.4. The van der Waals surface area contributed by atoms with Gasteiger partial charge in [0.15, 0.2) is 0 Å². The molecular formula is C16H24N2O2. The van der Waals surface area contributed by atoms with E-state index in [1.165, 1.54) is 5.56 Å². The van der Waals surface area contributed by atoms with Gasteiger partial charge in [-0.3, -0.25) is 9.78 Å². The fourth-order valence-corrected chi connectivity index (χ4v) is 2.79. The minimum atomic E-state index is -0.310. The number of rotatable bonds is 5. The van der Waals surface area contributed by atoms with Crippen LogP contribution in [0, 0.1) is 5.92 Å². The molecule has 1 fully saturated rings. The van der Waals surface area contributed by atoms with Gasteiger partial charge in [-0.15, -0.1) is 0 Å². The standard InChI is InChI=1S/C16H24N2O2/c1-3-20-13(2)16(19)18-9-6-14(7-10-18)11-15-5-4-8-17-12-15/h4-5,8,12-14H,3,6-7,9-11H2,1-2H3. The topological polar surface area (TPSA) is 42.4 Å². The number of pyridine rings is 1. The van der Waals surface area contributed by atoms with Crippen molar-refractivity contribution in [2.75, 3.05) is 19.7 Å². The van der Waals surface area contributed by atoms with Gasteiger partial charge in [0, 0.05) is 32.1 Å². The van der Waals surface area contributed by atoms with E-state index in [9.17, 15) is 4.79 Å². The molecule has 2 heterocycles. The van der Waals surface area contributed by atoms with Gasteiger partial charge in [-0.05, 0) is 50.7 Å². The highest BCUT2D eigenvalue weighted by molar-refractivity contribution is 5.80. The van der Waals surface area contributed by atoms with E-state index in [1.807, 2.05) is 31.0 Å². The van der Waals surface area contributed by atoms with Crippen LogP contribution in [0.2, 0.25) is 0 Å². The van der Waals surface area contributed by atoms with Gasteiger partial charge in [0.2, 0.25) is 0 Å². The highest BCUT2D eigenvalue weighted by Crippen LogP contribution is 2.22. The molecule has 20 heavy (non-hydrogen) atoms. The number of hydrogen-bond donors (Lipinski definition) is 0. The van der Waals surface area contributed by atoms with Crippen molar-refractivity contribution < 1.29 is 9.53 Å². The first-order valence-electron chi connectivity index (χ1n) is 7.50. The van der Waals surface area contributed by atoms with Crippen molar-refractivity contribution in [2.24, 2.45) is 5.92 Å². The van der Waals surface area contributed by atoms with E-state index in [0.29, 0.717) is 12.5 Å². The number of nitrogens with zero attached hydrogens (tertiary/aromatic N) is 2. The molecule has 0 spiro atoms. The molecule has 1 aliphatic heterocycles. The SMILES string of the molecule is CCOC(C)C(=O)N1CCC(Cc2cccnc2)CC1. The maximum Gasteiger partial charge on any atom is 0.251 e. The molecule has 0 aliphatic carbocycles. The summed E-state index contributed by atoms with van der Waals surface area (Å²) < 4.78 is 5.38. The molecule has 1 saturated heterocycles. The van der Waals surface area contributed by atoms with E-state index >= 15 is 0 Å². The minimum absolute atomic E-state index is 0.131. The molecule has 0 bridgehead atoms. The Labute approximate surface area is 121 Å². The van der Waals surface area contributed by atoms with Crippen LogP contribution in [0.1, 0.15) is 32.3 Å².